The standard InChI is InChI=1S/C20H25N5O2/c1-2-21-19(26)14-6-10-16(11-7-14)25-17(12-13-4-3-5-13)18(23-24-25)20(27)22-15-8-9-15/h6,10-12,14-15H,2-5,7-9H2,1H3,(H,21,26)(H,22,27). The first-order valence-electron chi connectivity index (χ1n) is 9.78. The average Bonchev–Trinajstić information content (AvgIpc) is 3.34. The highest BCUT2D eigenvalue weighted by Crippen LogP contribution is 2.30. The van der Waals surface area contributed by atoms with Crippen LogP contribution in [-0.4, -0.2) is 39.4 Å². The normalized spacial score (nSPS) is 21.3. The van der Waals surface area contributed by atoms with Gasteiger partial charge >= 0.3 is 0 Å². The molecule has 1 heterocycles. The van der Waals surface area contributed by atoms with Gasteiger partial charge in [-0.05, 0) is 57.6 Å². The fraction of sp³-hybridized carbons (Fsp3) is 0.500. The summed E-state index contributed by atoms with van der Waals surface area (Å²) < 4.78 is 1.72. The zero-order chi connectivity index (χ0) is 18.8. The highest BCUT2D eigenvalue weighted by Gasteiger charge is 2.28. The van der Waals surface area contributed by atoms with Crippen LogP contribution >= 0.6 is 0 Å². The molecule has 3 aliphatic rings. The van der Waals surface area contributed by atoms with Crippen molar-refractivity contribution in [3.05, 3.63) is 35.2 Å². The molecule has 7 nitrogen and oxygen atoms in total. The van der Waals surface area contributed by atoms with Crippen LogP contribution in [0.1, 0.15) is 61.6 Å². The van der Waals surface area contributed by atoms with E-state index in [4.69, 9.17) is 0 Å². The Labute approximate surface area is 158 Å². The summed E-state index contributed by atoms with van der Waals surface area (Å²) in [5.74, 6) is -0.289. The van der Waals surface area contributed by atoms with Gasteiger partial charge in [0, 0.05) is 12.6 Å². The van der Waals surface area contributed by atoms with Crippen LogP contribution in [0.2, 0.25) is 0 Å². The van der Waals surface area contributed by atoms with Crippen molar-refractivity contribution in [1.82, 2.24) is 25.6 Å². The largest absolute Gasteiger partial charge is 0.356 e. The second kappa shape index (κ2) is 7.50. The average molecular weight is 367 g/mol. The number of hydrogen-bond acceptors (Lipinski definition) is 4. The summed E-state index contributed by atoms with van der Waals surface area (Å²) in [5.41, 5.74) is 3.27. The van der Waals surface area contributed by atoms with Crippen molar-refractivity contribution >= 4 is 23.6 Å². The predicted molar refractivity (Wildman–Crippen MR) is 103 cm³/mol. The fourth-order valence-electron chi connectivity index (χ4n) is 3.24. The zero-order valence-electron chi connectivity index (χ0n) is 15.6. The molecule has 2 saturated carbocycles. The minimum atomic E-state index is -0.164. The third-order valence-electron chi connectivity index (χ3n) is 5.18. The predicted octanol–water partition coefficient (Wildman–Crippen LogP) is 2.29. The van der Waals surface area contributed by atoms with Crippen LogP contribution in [0.3, 0.4) is 0 Å². The van der Waals surface area contributed by atoms with Gasteiger partial charge in [-0.15, -0.1) is 5.10 Å². The number of allylic oxidation sites excluding steroid dienone is 4. The van der Waals surface area contributed by atoms with Crippen molar-refractivity contribution in [3.63, 3.8) is 0 Å². The van der Waals surface area contributed by atoms with Gasteiger partial charge in [0.2, 0.25) is 5.91 Å². The lowest BCUT2D eigenvalue weighted by Crippen LogP contribution is -2.30. The maximum absolute atomic E-state index is 12.6. The van der Waals surface area contributed by atoms with E-state index in [0.717, 1.165) is 37.1 Å². The summed E-state index contributed by atoms with van der Waals surface area (Å²) in [4.78, 5) is 24.6. The molecule has 7 heteroatoms. The number of nitrogens with one attached hydrogen (secondary N) is 2. The van der Waals surface area contributed by atoms with E-state index in [2.05, 4.69) is 27.0 Å². The van der Waals surface area contributed by atoms with E-state index in [1.165, 1.54) is 12.0 Å². The SMILES string of the molecule is CCNC(=O)C1C=CC(n2nnc(C(=O)NC3CC3)c2C=C2CCC2)=CC1. The number of hydrogen-bond donors (Lipinski definition) is 2. The van der Waals surface area contributed by atoms with Gasteiger partial charge in [0.15, 0.2) is 5.69 Å². The number of carbonyl (C=O) groups excluding carboxylic acids is 2. The van der Waals surface area contributed by atoms with Crippen LogP contribution in [0.25, 0.3) is 11.8 Å². The van der Waals surface area contributed by atoms with Gasteiger partial charge in [0.05, 0.1) is 11.6 Å². The minimum Gasteiger partial charge on any atom is -0.356 e. The smallest absolute Gasteiger partial charge is 0.274 e. The Hall–Kier alpha value is -2.70. The third-order valence-corrected chi connectivity index (χ3v) is 5.18. The number of aromatic nitrogens is 3. The number of rotatable bonds is 6. The molecule has 0 saturated heterocycles. The van der Waals surface area contributed by atoms with Crippen molar-refractivity contribution in [3.8, 4) is 0 Å². The van der Waals surface area contributed by atoms with Gasteiger partial charge in [-0.3, -0.25) is 9.59 Å². The van der Waals surface area contributed by atoms with Crippen LogP contribution in [0, 0.1) is 5.92 Å². The molecule has 1 aromatic heterocycles. The first-order valence-corrected chi connectivity index (χ1v) is 9.78. The van der Waals surface area contributed by atoms with Gasteiger partial charge in [-0.2, -0.15) is 0 Å². The zero-order valence-corrected chi connectivity index (χ0v) is 15.6. The quantitative estimate of drug-likeness (QED) is 0.807. The van der Waals surface area contributed by atoms with Gasteiger partial charge in [0.1, 0.15) is 5.69 Å². The second-order valence-electron chi connectivity index (χ2n) is 7.36. The number of amides is 2. The molecular weight excluding hydrogens is 342 g/mol. The van der Waals surface area contributed by atoms with Crippen molar-refractivity contribution in [2.45, 2.75) is 51.5 Å². The molecule has 3 aliphatic carbocycles. The summed E-state index contributed by atoms with van der Waals surface area (Å²) in [5, 5.41) is 14.3. The van der Waals surface area contributed by atoms with Crippen molar-refractivity contribution in [2.24, 2.45) is 5.92 Å². The molecule has 2 N–H and O–H groups in total. The molecule has 1 aromatic rings. The van der Waals surface area contributed by atoms with Crippen molar-refractivity contribution in [1.29, 1.82) is 0 Å². The van der Waals surface area contributed by atoms with Crippen LogP contribution in [0.4, 0.5) is 0 Å². The van der Waals surface area contributed by atoms with E-state index in [9.17, 15) is 9.59 Å². The van der Waals surface area contributed by atoms with Gasteiger partial charge in [0.25, 0.3) is 5.91 Å². The molecule has 0 radical (unpaired) electrons. The lowest BCUT2D eigenvalue weighted by molar-refractivity contribution is -0.123. The van der Waals surface area contributed by atoms with E-state index >= 15 is 0 Å². The number of carbonyl (C=O) groups is 2. The summed E-state index contributed by atoms with van der Waals surface area (Å²) in [6, 6.07) is 0.276. The maximum atomic E-state index is 12.6. The fourth-order valence-corrected chi connectivity index (χ4v) is 3.24. The molecule has 0 spiro atoms. The minimum absolute atomic E-state index is 0.0314. The summed E-state index contributed by atoms with van der Waals surface area (Å²) in [7, 11) is 0. The first-order chi connectivity index (χ1) is 13.2. The Morgan fingerprint density at radius 1 is 1.33 bits per heavy atom. The maximum Gasteiger partial charge on any atom is 0.274 e. The van der Waals surface area contributed by atoms with E-state index in [1.807, 2.05) is 25.2 Å². The van der Waals surface area contributed by atoms with Gasteiger partial charge < -0.3 is 10.6 Å². The molecule has 142 valence electrons. The summed E-state index contributed by atoms with van der Waals surface area (Å²) in [6.07, 6.45) is 13.8. The van der Waals surface area contributed by atoms with Gasteiger partial charge in [-0.1, -0.05) is 22.9 Å². The molecule has 2 amide bonds. The topological polar surface area (TPSA) is 88.9 Å². The monoisotopic (exact) mass is 367 g/mol. The van der Waals surface area contributed by atoms with E-state index in [1.54, 1.807) is 4.68 Å². The molecule has 0 aromatic carbocycles. The highest BCUT2D eigenvalue weighted by molar-refractivity contribution is 5.96. The van der Waals surface area contributed by atoms with E-state index < -0.39 is 0 Å². The van der Waals surface area contributed by atoms with E-state index in [-0.39, 0.29) is 23.8 Å². The molecular formula is C20H25N5O2. The molecule has 0 aliphatic heterocycles. The van der Waals surface area contributed by atoms with Crippen molar-refractivity contribution < 1.29 is 9.59 Å². The van der Waals surface area contributed by atoms with Crippen LogP contribution < -0.4 is 10.6 Å². The van der Waals surface area contributed by atoms with Crippen LogP contribution in [-0.2, 0) is 4.79 Å². The second-order valence-corrected chi connectivity index (χ2v) is 7.36. The Bertz CT molecular complexity index is 839. The lowest BCUT2D eigenvalue weighted by atomic mass is 9.91. The third kappa shape index (κ3) is 3.86. The highest BCUT2D eigenvalue weighted by atomic mass is 16.2. The van der Waals surface area contributed by atoms with Gasteiger partial charge in [-0.25, -0.2) is 4.68 Å². The molecule has 2 fully saturated rings. The van der Waals surface area contributed by atoms with E-state index in [0.29, 0.717) is 18.7 Å². The van der Waals surface area contributed by atoms with Crippen LogP contribution in [0.15, 0.2) is 23.8 Å². The molecule has 0 bridgehead atoms. The molecule has 1 atom stereocenters. The first kappa shape index (κ1) is 17.7. The number of nitrogens with zero attached hydrogens (tertiary/aromatic N) is 3. The van der Waals surface area contributed by atoms with Crippen LogP contribution in [0.5, 0.6) is 0 Å². The molecule has 1 unspecified atom stereocenters. The Balaban J connectivity index is 1.59. The summed E-state index contributed by atoms with van der Waals surface area (Å²) >= 11 is 0. The molecule has 4 rings (SSSR count). The summed E-state index contributed by atoms with van der Waals surface area (Å²) in [6.45, 7) is 2.54. The lowest BCUT2D eigenvalue weighted by Gasteiger charge is -2.18. The Kier molecular flexibility index (Phi) is 4.92. The molecule has 27 heavy (non-hydrogen) atoms. The van der Waals surface area contributed by atoms with Crippen molar-refractivity contribution in [2.75, 3.05) is 6.54 Å². The Morgan fingerprint density at radius 3 is 2.74 bits per heavy atom. The Morgan fingerprint density at radius 2 is 2.15 bits per heavy atom.